The van der Waals surface area contributed by atoms with Crippen LogP contribution >= 0.6 is 27.3 Å². The number of carbonyl (C=O) groups is 2. The van der Waals surface area contributed by atoms with Crippen LogP contribution in [0.2, 0.25) is 0 Å². The van der Waals surface area contributed by atoms with E-state index in [4.69, 9.17) is 9.47 Å². The van der Waals surface area contributed by atoms with E-state index in [9.17, 15) is 18.0 Å². The van der Waals surface area contributed by atoms with Gasteiger partial charge in [-0.05, 0) is 50.6 Å². The van der Waals surface area contributed by atoms with Crippen molar-refractivity contribution in [3.05, 3.63) is 50.4 Å². The summed E-state index contributed by atoms with van der Waals surface area (Å²) >= 11 is 4.86. The van der Waals surface area contributed by atoms with Gasteiger partial charge in [0.05, 0.1) is 17.0 Å². The molecule has 1 aromatic rings. The molecule has 188 valence electrons. The molecule has 0 saturated heterocycles. The highest BCUT2D eigenvalue weighted by atomic mass is 79.9. The van der Waals surface area contributed by atoms with Crippen molar-refractivity contribution in [2.24, 2.45) is 0 Å². The average molecular weight is 576 g/mol. The smallest absolute Gasteiger partial charge is 0.331 e. The Bertz CT molecular complexity index is 1060. The number of nitrogens with zero attached hydrogens (tertiary/aromatic N) is 1. The maximum absolute atomic E-state index is 12.7. The van der Waals surface area contributed by atoms with Gasteiger partial charge in [-0.3, -0.25) is 4.79 Å². The number of sulfonamides is 1. The Kier molecular flexibility index (Phi) is 11.1. The molecule has 0 aromatic carbocycles. The molecule has 8 nitrogen and oxygen atoms in total. The SMILES string of the molecule is C/C(Br)=C\[C@@H]1Cc2nc(cs2)CCC[C@H](NS(C)(=O)=O)C(=O)O[C@@H](C)C/C(C)=C/C=C\C(=O)O1. The van der Waals surface area contributed by atoms with Crippen LogP contribution in [-0.2, 0) is 41.9 Å². The van der Waals surface area contributed by atoms with Crippen LogP contribution in [0.25, 0.3) is 0 Å². The Balaban J connectivity index is 2.28. The predicted octanol–water partition coefficient (Wildman–Crippen LogP) is 3.97. The number of nitrogens with one attached hydrogen (secondary N) is 1. The van der Waals surface area contributed by atoms with E-state index in [2.05, 4.69) is 25.6 Å². The molecule has 1 aliphatic rings. The molecule has 2 heterocycles. The number of hydrogen-bond donors (Lipinski definition) is 1. The minimum Gasteiger partial charge on any atom is -0.461 e. The van der Waals surface area contributed by atoms with Crippen LogP contribution in [0.5, 0.6) is 0 Å². The van der Waals surface area contributed by atoms with Gasteiger partial charge >= 0.3 is 11.9 Å². The first-order chi connectivity index (χ1) is 15.9. The first kappa shape index (κ1) is 28.4. The van der Waals surface area contributed by atoms with Gasteiger partial charge in [0.25, 0.3) is 0 Å². The van der Waals surface area contributed by atoms with E-state index in [0.717, 1.165) is 27.0 Å². The Morgan fingerprint density at radius 1 is 1.29 bits per heavy atom. The Morgan fingerprint density at radius 2 is 2.03 bits per heavy atom. The quantitative estimate of drug-likeness (QED) is 0.543. The molecule has 0 fully saturated rings. The second-order valence-corrected chi connectivity index (χ2v) is 12.3. The predicted molar refractivity (Wildman–Crippen MR) is 136 cm³/mol. The molecule has 0 radical (unpaired) electrons. The van der Waals surface area contributed by atoms with Crippen LogP contribution in [0, 0.1) is 0 Å². The van der Waals surface area contributed by atoms with Crippen molar-refractivity contribution >= 4 is 49.2 Å². The van der Waals surface area contributed by atoms with Crippen molar-refractivity contribution in [1.29, 1.82) is 0 Å². The first-order valence-electron chi connectivity index (χ1n) is 10.9. The zero-order valence-corrected chi connectivity index (χ0v) is 23.0. The van der Waals surface area contributed by atoms with Gasteiger partial charge < -0.3 is 9.47 Å². The highest BCUT2D eigenvalue weighted by Gasteiger charge is 2.25. The lowest BCUT2D eigenvalue weighted by atomic mass is 10.1. The largest absolute Gasteiger partial charge is 0.461 e. The molecule has 0 spiro atoms. The highest BCUT2D eigenvalue weighted by Crippen LogP contribution is 2.19. The van der Waals surface area contributed by atoms with E-state index in [-0.39, 0.29) is 6.42 Å². The summed E-state index contributed by atoms with van der Waals surface area (Å²) in [6.07, 6.45) is 8.87. The van der Waals surface area contributed by atoms with Crippen molar-refractivity contribution < 1.29 is 27.5 Å². The third kappa shape index (κ3) is 11.1. The molecule has 11 heteroatoms. The zero-order valence-electron chi connectivity index (χ0n) is 19.7. The number of aryl methyl sites for hydroxylation is 1. The van der Waals surface area contributed by atoms with Gasteiger partial charge in [-0.25, -0.2) is 22.9 Å². The van der Waals surface area contributed by atoms with Gasteiger partial charge in [0, 0.05) is 24.3 Å². The van der Waals surface area contributed by atoms with Crippen molar-refractivity contribution in [3.8, 4) is 0 Å². The highest BCUT2D eigenvalue weighted by molar-refractivity contribution is 9.11. The molecule has 3 atom stereocenters. The standard InChI is InChI=1S/C23H31BrN2O6S2/c1-15-7-5-10-22(27)32-19(12-16(2)24)13-21-25-18(14-33-21)8-6-9-20(26-34(4,29)30)23(28)31-17(3)11-15/h5,7,10,12,14,17,19-20,26H,6,8-9,11,13H2,1-4H3/b10-5-,15-7+,16-12+/t17-,19+,20-/m0/s1. The molecular weight excluding hydrogens is 544 g/mol. The van der Waals surface area contributed by atoms with Crippen molar-refractivity contribution in [1.82, 2.24) is 9.71 Å². The molecule has 2 rings (SSSR count). The number of rotatable bonds is 3. The fourth-order valence-corrected chi connectivity index (χ4v) is 5.31. The van der Waals surface area contributed by atoms with Crippen molar-refractivity contribution in [2.45, 2.75) is 71.1 Å². The number of fused-ring (bicyclic) bond motifs is 2. The molecule has 1 aliphatic heterocycles. The molecule has 1 N–H and O–H groups in total. The van der Waals surface area contributed by atoms with Crippen LogP contribution in [0.3, 0.4) is 0 Å². The van der Waals surface area contributed by atoms with Gasteiger partial charge in [0.2, 0.25) is 10.0 Å². The Morgan fingerprint density at radius 3 is 2.71 bits per heavy atom. The van der Waals surface area contributed by atoms with Gasteiger partial charge in [-0.1, -0.05) is 33.7 Å². The summed E-state index contributed by atoms with van der Waals surface area (Å²) in [5, 5.41) is 2.74. The van der Waals surface area contributed by atoms with Crippen LogP contribution in [0.4, 0.5) is 0 Å². The van der Waals surface area contributed by atoms with E-state index < -0.39 is 40.2 Å². The Labute approximate surface area is 213 Å². The van der Waals surface area contributed by atoms with Gasteiger partial charge in [0.1, 0.15) is 18.2 Å². The maximum Gasteiger partial charge on any atom is 0.331 e. The monoisotopic (exact) mass is 574 g/mol. The number of esters is 2. The Hall–Kier alpha value is -1.82. The number of carbonyl (C=O) groups excluding carboxylic acids is 2. The second kappa shape index (κ2) is 13.3. The summed E-state index contributed by atoms with van der Waals surface area (Å²) in [6, 6.07) is -0.968. The number of allylic oxidation sites excluding steroid dienone is 3. The number of ether oxygens (including phenoxy) is 2. The molecule has 1 aromatic heterocycles. The van der Waals surface area contributed by atoms with Gasteiger partial charge in [0.15, 0.2) is 0 Å². The molecule has 34 heavy (non-hydrogen) atoms. The zero-order chi connectivity index (χ0) is 25.3. The van der Waals surface area contributed by atoms with Crippen LogP contribution < -0.4 is 4.72 Å². The lowest BCUT2D eigenvalue weighted by Gasteiger charge is -2.20. The minimum absolute atomic E-state index is 0.287. The van der Waals surface area contributed by atoms with E-state index in [0.29, 0.717) is 25.7 Å². The van der Waals surface area contributed by atoms with Gasteiger partial charge in [-0.2, -0.15) is 0 Å². The summed E-state index contributed by atoms with van der Waals surface area (Å²) in [4.78, 5) is 29.6. The average Bonchev–Trinajstić information content (AvgIpc) is 3.11. The van der Waals surface area contributed by atoms with Crippen molar-refractivity contribution in [3.63, 3.8) is 0 Å². The third-order valence-electron chi connectivity index (χ3n) is 4.76. The van der Waals surface area contributed by atoms with Crippen LogP contribution in [-0.4, -0.2) is 49.8 Å². The van der Waals surface area contributed by atoms with Crippen LogP contribution in [0.15, 0.2) is 39.7 Å². The maximum atomic E-state index is 12.7. The van der Waals surface area contributed by atoms with Crippen LogP contribution in [0.1, 0.15) is 50.7 Å². The molecular formula is C23H31BrN2O6S2. The summed E-state index contributed by atoms with van der Waals surface area (Å²) in [7, 11) is -3.59. The summed E-state index contributed by atoms with van der Waals surface area (Å²) in [6.45, 7) is 5.46. The topological polar surface area (TPSA) is 112 Å². The van der Waals surface area contributed by atoms with E-state index in [1.807, 2.05) is 25.3 Å². The number of cyclic esters (lactones) is 2. The lowest BCUT2D eigenvalue weighted by molar-refractivity contribution is -0.150. The first-order valence-corrected chi connectivity index (χ1v) is 14.5. The summed E-state index contributed by atoms with van der Waals surface area (Å²) < 4.78 is 37.9. The van der Waals surface area contributed by atoms with Crippen molar-refractivity contribution in [2.75, 3.05) is 6.26 Å². The molecule has 0 amide bonds. The third-order valence-corrected chi connectivity index (χ3v) is 6.66. The van der Waals surface area contributed by atoms with Gasteiger partial charge in [-0.15, -0.1) is 11.3 Å². The number of halogens is 1. The fourth-order valence-electron chi connectivity index (χ4n) is 3.41. The number of aromatic nitrogens is 1. The summed E-state index contributed by atoms with van der Waals surface area (Å²) in [5.41, 5.74) is 1.72. The fraction of sp³-hybridized carbons (Fsp3) is 0.522. The van der Waals surface area contributed by atoms with E-state index >= 15 is 0 Å². The normalized spacial score (nSPS) is 26.8. The summed E-state index contributed by atoms with van der Waals surface area (Å²) in [5.74, 6) is -1.08. The number of thiazole rings is 1. The molecule has 0 saturated carbocycles. The van der Waals surface area contributed by atoms with E-state index in [1.165, 1.54) is 17.4 Å². The molecule has 0 aliphatic carbocycles. The molecule has 2 bridgehead atoms. The number of hydrogen-bond acceptors (Lipinski definition) is 8. The minimum atomic E-state index is -3.59. The molecule has 0 unspecified atom stereocenters. The lowest BCUT2D eigenvalue weighted by Crippen LogP contribution is -2.42. The van der Waals surface area contributed by atoms with E-state index in [1.54, 1.807) is 19.1 Å². The second-order valence-electron chi connectivity index (χ2n) is 8.32.